The van der Waals surface area contributed by atoms with E-state index in [1.807, 2.05) is 7.05 Å². The molecule has 0 aromatic carbocycles. The molecular weight excluding hydrogens is 190 g/mol. The van der Waals surface area contributed by atoms with Crippen LogP contribution in [0.2, 0.25) is 0 Å². The van der Waals surface area contributed by atoms with Crippen LogP contribution < -0.4 is 11.1 Å². The monoisotopic (exact) mass is 215 g/mol. The highest BCUT2D eigenvalue weighted by atomic mass is 16.1. The maximum Gasteiger partial charge on any atom is 0.221 e. The largest absolute Gasteiger partial charge is 0.359 e. The summed E-state index contributed by atoms with van der Waals surface area (Å²) >= 11 is 0. The smallest absolute Gasteiger partial charge is 0.221 e. The first kappa shape index (κ1) is 14.4. The lowest BCUT2D eigenvalue weighted by molar-refractivity contribution is -0.120. The van der Waals surface area contributed by atoms with Crippen LogP contribution in [0.1, 0.15) is 26.7 Å². The van der Waals surface area contributed by atoms with Crippen molar-refractivity contribution >= 4 is 5.91 Å². The molecule has 3 N–H and O–H groups in total. The Labute approximate surface area is 93.2 Å². The minimum Gasteiger partial charge on any atom is -0.359 e. The van der Waals surface area contributed by atoms with Gasteiger partial charge in [-0.2, -0.15) is 0 Å². The number of nitrogens with two attached hydrogens (primary N) is 1. The molecule has 0 aromatic heterocycles. The van der Waals surface area contributed by atoms with Crippen LogP contribution in [0.15, 0.2) is 0 Å². The van der Waals surface area contributed by atoms with Crippen molar-refractivity contribution in [2.45, 2.75) is 32.7 Å². The molecule has 0 bridgehead atoms. The molecule has 0 rings (SSSR count). The molecule has 90 valence electrons. The van der Waals surface area contributed by atoms with Crippen molar-refractivity contribution in [2.75, 3.05) is 27.2 Å². The van der Waals surface area contributed by atoms with Crippen molar-refractivity contribution in [3.63, 3.8) is 0 Å². The highest BCUT2D eigenvalue weighted by Crippen LogP contribution is 2.03. The van der Waals surface area contributed by atoms with Gasteiger partial charge in [0, 0.05) is 26.1 Å². The molecule has 0 spiro atoms. The van der Waals surface area contributed by atoms with Crippen LogP contribution >= 0.6 is 0 Å². The standard InChI is InChI=1S/C11H25N3O/c1-9(2)10(12)5-7-14(4)8-6-11(15)13-3/h9-10H,5-8,12H2,1-4H3,(H,13,15). The van der Waals surface area contributed by atoms with Gasteiger partial charge in [-0.05, 0) is 25.9 Å². The fraction of sp³-hybridized carbons (Fsp3) is 0.909. The molecule has 0 radical (unpaired) electrons. The summed E-state index contributed by atoms with van der Waals surface area (Å²) in [6.07, 6.45) is 1.55. The van der Waals surface area contributed by atoms with Gasteiger partial charge >= 0.3 is 0 Å². The number of hydrogen-bond acceptors (Lipinski definition) is 3. The second-order valence-electron chi connectivity index (χ2n) is 4.42. The second-order valence-corrected chi connectivity index (χ2v) is 4.42. The summed E-state index contributed by atoms with van der Waals surface area (Å²) < 4.78 is 0. The first-order valence-corrected chi connectivity index (χ1v) is 5.62. The average Bonchev–Trinajstić information content (AvgIpc) is 2.21. The Morgan fingerprint density at radius 3 is 2.47 bits per heavy atom. The first-order valence-electron chi connectivity index (χ1n) is 5.62. The topological polar surface area (TPSA) is 58.4 Å². The van der Waals surface area contributed by atoms with Crippen LogP contribution in [-0.4, -0.2) is 44.0 Å². The van der Waals surface area contributed by atoms with E-state index in [0.717, 1.165) is 19.5 Å². The molecule has 15 heavy (non-hydrogen) atoms. The molecule has 4 heteroatoms. The molecule has 4 nitrogen and oxygen atoms in total. The van der Waals surface area contributed by atoms with E-state index in [2.05, 4.69) is 24.1 Å². The average molecular weight is 215 g/mol. The molecule has 0 saturated carbocycles. The van der Waals surface area contributed by atoms with E-state index in [4.69, 9.17) is 5.73 Å². The lowest BCUT2D eigenvalue weighted by atomic mass is 10.0. The zero-order chi connectivity index (χ0) is 11.8. The van der Waals surface area contributed by atoms with Gasteiger partial charge in [-0.3, -0.25) is 4.79 Å². The van der Waals surface area contributed by atoms with Crippen molar-refractivity contribution < 1.29 is 4.79 Å². The number of rotatable bonds is 7. The lowest BCUT2D eigenvalue weighted by Crippen LogP contribution is -2.33. The molecular formula is C11H25N3O. The van der Waals surface area contributed by atoms with Crippen LogP contribution in [0.4, 0.5) is 0 Å². The van der Waals surface area contributed by atoms with Crippen LogP contribution in [0.3, 0.4) is 0 Å². The van der Waals surface area contributed by atoms with Gasteiger partial charge in [-0.15, -0.1) is 0 Å². The Hall–Kier alpha value is -0.610. The SMILES string of the molecule is CNC(=O)CCN(C)CCC(N)C(C)C. The minimum atomic E-state index is 0.0926. The third-order valence-corrected chi connectivity index (χ3v) is 2.70. The summed E-state index contributed by atoms with van der Waals surface area (Å²) in [4.78, 5) is 13.2. The van der Waals surface area contributed by atoms with Crippen LogP contribution in [-0.2, 0) is 4.79 Å². The third kappa shape index (κ3) is 7.33. The fourth-order valence-corrected chi connectivity index (χ4v) is 1.23. The van der Waals surface area contributed by atoms with Crippen LogP contribution in [0.5, 0.6) is 0 Å². The highest BCUT2D eigenvalue weighted by molar-refractivity contribution is 5.75. The fourth-order valence-electron chi connectivity index (χ4n) is 1.23. The molecule has 0 heterocycles. The van der Waals surface area contributed by atoms with Gasteiger partial charge in [0.25, 0.3) is 0 Å². The van der Waals surface area contributed by atoms with E-state index in [9.17, 15) is 4.79 Å². The predicted octanol–water partition coefficient (Wildman–Crippen LogP) is 0.428. The zero-order valence-electron chi connectivity index (χ0n) is 10.4. The Kier molecular flexibility index (Phi) is 7.34. The number of carbonyl (C=O) groups is 1. The van der Waals surface area contributed by atoms with E-state index in [1.54, 1.807) is 7.05 Å². The quantitative estimate of drug-likeness (QED) is 0.647. The Balaban J connectivity index is 3.57. The molecule has 1 atom stereocenters. The number of nitrogens with zero attached hydrogens (tertiary/aromatic N) is 1. The summed E-state index contributed by atoms with van der Waals surface area (Å²) in [6.45, 7) is 6.02. The highest BCUT2D eigenvalue weighted by Gasteiger charge is 2.09. The molecule has 1 unspecified atom stereocenters. The summed E-state index contributed by atoms with van der Waals surface area (Å²) in [7, 11) is 3.69. The molecule has 0 aromatic rings. The predicted molar refractivity (Wildman–Crippen MR) is 63.6 cm³/mol. The second kappa shape index (κ2) is 7.65. The van der Waals surface area contributed by atoms with Crippen LogP contribution in [0.25, 0.3) is 0 Å². The van der Waals surface area contributed by atoms with E-state index in [0.29, 0.717) is 12.3 Å². The van der Waals surface area contributed by atoms with Gasteiger partial charge in [0.2, 0.25) is 5.91 Å². The molecule has 0 aliphatic heterocycles. The molecule has 0 saturated heterocycles. The lowest BCUT2D eigenvalue weighted by Gasteiger charge is -2.20. The summed E-state index contributed by atoms with van der Waals surface area (Å²) in [5.41, 5.74) is 5.94. The summed E-state index contributed by atoms with van der Waals surface area (Å²) in [5.74, 6) is 0.618. The van der Waals surface area contributed by atoms with E-state index < -0.39 is 0 Å². The van der Waals surface area contributed by atoms with Gasteiger partial charge < -0.3 is 16.0 Å². The Bertz CT molecular complexity index is 183. The first-order chi connectivity index (χ1) is 6.97. The minimum absolute atomic E-state index is 0.0926. The van der Waals surface area contributed by atoms with E-state index in [1.165, 1.54) is 0 Å². The molecule has 0 aliphatic carbocycles. The van der Waals surface area contributed by atoms with Crippen molar-refractivity contribution in [3.05, 3.63) is 0 Å². The van der Waals surface area contributed by atoms with Gasteiger partial charge in [0.05, 0.1) is 0 Å². The number of hydrogen-bond donors (Lipinski definition) is 2. The third-order valence-electron chi connectivity index (χ3n) is 2.70. The zero-order valence-corrected chi connectivity index (χ0v) is 10.4. The van der Waals surface area contributed by atoms with Crippen LogP contribution in [0, 0.1) is 5.92 Å². The Morgan fingerprint density at radius 1 is 1.40 bits per heavy atom. The van der Waals surface area contributed by atoms with Gasteiger partial charge in [0.1, 0.15) is 0 Å². The Morgan fingerprint density at radius 2 is 2.00 bits per heavy atom. The number of amides is 1. The maximum absolute atomic E-state index is 11.0. The summed E-state index contributed by atoms with van der Waals surface area (Å²) in [6, 6.07) is 0.257. The normalized spacial score (nSPS) is 13.3. The van der Waals surface area contributed by atoms with Crippen molar-refractivity contribution in [3.8, 4) is 0 Å². The van der Waals surface area contributed by atoms with Gasteiger partial charge in [-0.1, -0.05) is 13.8 Å². The number of nitrogens with one attached hydrogen (secondary N) is 1. The van der Waals surface area contributed by atoms with Gasteiger partial charge in [0.15, 0.2) is 0 Å². The van der Waals surface area contributed by atoms with Crippen molar-refractivity contribution in [2.24, 2.45) is 11.7 Å². The van der Waals surface area contributed by atoms with Crippen molar-refractivity contribution in [1.29, 1.82) is 0 Å². The number of carbonyl (C=O) groups excluding carboxylic acids is 1. The molecule has 0 fully saturated rings. The van der Waals surface area contributed by atoms with Crippen molar-refractivity contribution in [1.82, 2.24) is 10.2 Å². The van der Waals surface area contributed by atoms with E-state index in [-0.39, 0.29) is 11.9 Å². The summed E-state index contributed by atoms with van der Waals surface area (Å²) in [5, 5.41) is 2.61. The molecule has 0 aliphatic rings. The molecule has 1 amide bonds. The maximum atomic E-state index is 11.0. The van der Waals surface area contributed by atoms with E-state index >= 15 is 0 Å². The van der Waals surface area contributed by atoms with Gasteiger partial charge in [-0.25, -0.2) is 0 Å².